The molecule has 0 fully saturated rings. The van der Waals surface area contributed by atoms with Crippen molar-refractivity contribution in [3.8, 4) is 66.8 Å². The number of anilines is 3. The molecule has 0 bridgehead atoms. The molecule has 0 aliphatic heterocycles. The molecular formula is C67H45NO. The van der Waals surface area contributed by atoms with Gasteiger partial charge in [-0.25, -0.2) is 0 Å². The standard InChI is InChI=1S/C67H45NO/c1-4-14-45(15-5-1)47-28-32-53(33-29-47)65-60-21-11-10-20-59(60)64-44-56(42-43-61(64)65)68(54-38-34-49(35-39-54)46-16-6-2-7-17-46)55-40-36-50(37-41-55)48-26-30-52(31-27-48)58-23-13-25-63-62-24-12-22-57(66(62)69-67(58)63)51-18-8-3-9-19-51/h1-44,65H. The molecule has 0 spiro atoms. The van der Waals surface area contributed by atoms with Crippen LogP contribution in [0.25, 0.3) is 88.7 Å². The molecule has 11 aromatic carbocycles. The lowest BCUT2D eigenvalue weighted by molar-refractivity contribution is 0.671. The Morgan fingerprint density at radius 3 is 1.17 bits per heavy atom. The molecule has 1 unspecified atom stereocenters. The number of benzene rings is 11. The summed E-state index contributed by atoms with van der Waals surface area (Å²) in [6.07, 6.45) is 0. The summed E-state index contributed by atoms with van der Waals surface area (Å²) in [5, 5.41) is 2.26. The van der Waals surface area contributed by atoms with Crippen molar-refractivity contribution in [2.45, 2.75) is 5.92 Å². The van der Waals surface area contributed by atoms with Crippen molar-refractivity contribution in [2.24, 2.45) is 0 Å². The van der Waals surface area contributed by atoms with Crippen LogP contribution in [-0.4, -0.2) is 0 Å². The van der Waals surface area contributed by atoms with Gasteiger partial charge in [0.05, 0.1) is 0 Å². The zero-order valence-corrected chi connectivity index (χ0v) is 37.8. The number of nitrogens with zero attached hydrogens (tertiary/aromatic N) is 1. The predicted octanol–water partition coefficient (Wildman–Crippen LogP) is 18.6. The van der Waals surface area contributed by atoms with Gasteiger partial charge in [0, 0.05) is 44.9 Å². The molecule has 0 saturated carbocycles. The zero-order chi connectivity index (χ0) is 45.7. The summed E-state index contributed by atoms with van der Waals surface area (Å²) in [6, 6.07) is 96.6. The van der Waals surface area contributed by atoms with E-state index in [1.807, 2.05) is 0 Å². The number of hydrogen-bond donors (Lipinski definition) is 0. The molecule has 0 radical (unpaired) electrons. The first-order valence-corrected chi connectivity index (χ1v) is 23.8. The van der Waals surface area contributed by atoms with Crippen molar-refractivity contribution < 1.29 is 4.42 Å². The third-order valence-electron chi connectivity index (χ3n) is 14.0. The van der Waals surface area contributed by atoms with Gasteiger partial charge >= 0.3 is 0 Å². The molecule has 0 saturated heterocycles. The predicted molar refractivity (Wildman–Crippen MR) is 288 cm³/mol. The summed E-state index contributed by atoms with van der Waals surface area (Å²) < 4.78 is 6.76. The highest BCUT2D eigenvalue weighted by atomic mass is 16.3. The van der Waals surface area contributed by atoms with Crippen molar-refractivity contribution in [1.82, 2.24) is 0 Å². The highest BCUT2D eigenvalue weighted by Crippen LogP contribution is 2.51. The molecule has 13 rings (SSSR count). The molecule has 0 amide bonds. The maximum absolute atomic E-state index is 6.76. The van der Waals surface area contributed by atoms with Gasteiger partial charge in [0.1, 0.15) is 11.2 Å². The Labute approximate surface area is 402 Å². The van der Waals surface area contributed by atoms with E-state index in [0.29, 0.717) is 0 Å². The number of para-hydroxylation sites is 2. The van der Waals surface area contributed by atoms with Crippen LogP contribution in [0, 0.1) is 0 Å². The third kappa shape index (κ3) is 7.22. The Bertz CT molecular complexity index is 3780. The van der Waals surface area contributed by atoms with E-state index in [2.05, 4.69) is 272 Å². The van der Waals surface area contributed by atoms with E-state index in [1.165, 1.54) is 50.1 Å². The molecule has 1 aliphatic rings. The van der Waals surface area contributed by atoms with E-state index < -0.39 is 0 Å². The van der Waals surface area contributed by atoms with Crippen molar-refractivity contribution >= 4 is 39.0 Å². The molecule has 1 aliphatic carbocycles. The lowest BCUT2D eigenvalue weighted by Crippen LogP contribution is -2.10. The van der Waals surface area contributed by atoms with Crippen LogP contribution in [0.3, 0.4) is 0 Å². The molecular weight excluding hydrogens is 835 g/mol. The quantitative estimate of drug-likeness (QED) is 0.144. The van der Waals surface area contributed by atoms with Gasteiger partial charge in [0.15, 0.2) is 0 Å². The van der Waals surface area contributed by atoms with Crippen molar-refractivity contribution in [1.29, 1.82) is 0 Å². The summed E-state index contributed by atoms with van der Waals surface area (Å²) in [4.78, 5) is 2.39. The molecule has 0 N–H and O–H groups in total. The minimum atomic E-state index is 0.151. The fraction of sp³-hybridized carbons (Fsp3) is 0.0149. The van der Waals surface area contributed by atoms with E-state index in [-0.39, 0.29) is 5.92 Å². The third-order valence-corrected chi connectivity index (χ3v) is 14.0. The number of hydrogen-bond acceptors (Lipinski definition) is 2. The second kappa shape index (κ2) is 17.0. The monoisotopic (exact) mass is 879 g/mol. The van der Waals surface area contributed by atoms with Crippen LogP contribution in [0.1, 0.15) is 22.6 Å². The summed E-state index contributed by atoms with van der Waals surface area (Å²) in [7, 11) is 0. The normalized spacial score (nSPS) is 12.8. The number of fused-ring (bicyclic) bond motifs is 6. The maximum Gasteiger partial charge on any atom is 0.143 e. The van der Waals surface area contributed by atoms with Crippen molar-refractivity contribution in [2.75, 3.05) is 4.90 Å². The maximum atomic E-state index is 6.76. The fourth-order valence-electron chi connectivity index (χ4n) is 10.6. The first-order chi connectivity index (χ1) is 34.2. The topological polar surface area (TPSA) is 16.4 Å². The van der Waals surface area contributed by atoms with Gasteiger partial charge in [-0.15, -0.1) is 0 Å². The molecule has 1 atom stereocenters. The van der Waals surface area contributed by atoms with Gasteiger partial charge in [-0.05, 0) is 109 Å². The number of furan rings is 1. The highest BCUT2D eigenvalue weighted by Gasteiger charge is 2.31. The van der Waals surface area contributed by atoms with Crippen LogP contribution in [0.15, 0.2) is 271 Å². The van der Waals surface area contributed by atoms with E-state index in [4.69, 9.17) is 4.42 Å². The Hall–Kier alpha value is -8.98. The fourth-order valence-corrected chi connectivity index (χ4v) is 10.6. The second-order valence-corrected chi connectivity index (χ2v) is 18.0. The molecule has 1 heterocycles. The smallest absolute Gasteiger partial charge is 0.143 e. The summed E-state index contributed by atoms with van der Waals surface area (Å²) in [5.41, 5.74) is 23.3. The van der Waals surface area contributed by atoms with Crippen molar-refractivity contribution in [3.05, 3.63) is 284 Å². The minimum absolute atomic E-state index is 0.151. The highest BCUT2D eigenvalue weighted by molar-refractivity contribution is 6.13. The van der Waals surface area contributed by atoms with Crippen LogP contribution in [0.4, 0.5) is 17.1 Å². The van der Waals surface area contributed by atoms with Crippen molar-refractivity contribution in [3.63, 3.8) is 0 Å². The van der Waals surface area contributed by atoms with Crippen LogP contribution in [0.5, 0.6) is 0 Å². The summed E-state index contributed by atoms with van der Waals surface area (Å²) in [6.45, 7) is 0. The molecule has 2 heteroatoms. The SMILES string of the molecule is c1ccc(-c2ccc(C3c4ccccc4-c4cc(N(c5ccc(-c6ccccc6)cc5)c5ccc(-c6ccc(-c7cccc8c7oc7c(-c9ccccc9)cccc78)cc6)cc5)ccc43)cc2)cc1. The van der Waals surface area contributed by atoms with E-state index >= 15 is 0 Å². The zero-order valence-electron chi connectivity index (χ0n) is 37.8. The average molecular weight is 880 g/mol. The van der Waals surface area contributed by atoms with E-state index in [0.717, 1.165) is 72.4 Å². The first kappa shape index (κ1) is 40.3. The van der Waals surface area contributed by atoms with Gasteiger partial charge in [0.2, 0.25) is 0 Å². The minimum Gasteiger partial charge on any atom is -0.455 e. The second-order valence-electron chi connectivity index (χ2n) is 18.0. The molecule has 2 nitrogen and oxygen atoms in total. The number of rotatable bonds is 9. The van der Waals surface area contributed by atoms with Gasteiger partial charge < -0.3 is 9.32 Å². The molecule has 12 aromatic rings. The molecule has 324 valence electrons. The van der Waals surface area contributed by atoms with Crippen LogP contribution >= 0.6 is 0 Å². The molecule has 1 aromatic heterocycles. The molecule has 69 heavy (non-hydrogen) atoms. The lowest BCUT2D eigenvalue weighted by Gasteiger charge is -2.27. The Kier molecular flexibility index (Phi) is 9.95. The average Bonchev–Trinajstić information content (AvgIpc) is 3.98. The Morgan fingerprint density at radius 1 is 0.261 bits per heavy atom. The summed E-state index contributed by atoms with van der Waals surface area (Å²) >= 11 is 0. The largest absolute Gasteiger partial charge is 0.455 e. The summed E-state index contributed by atoms with van der Waals surface area (Å²) in [5.74, 6) is 0.151. The first-order valence-electron chi connectivity index (χ1n) is 23.8. The van der Waals surface area contributed by atoms with Crippen LogP contribution in [0.2, 0.25) is 0 Å². The lowest BCUT2D eigenvalue weighted by atomic mass is 9.88. The van der Waals surface area contributed by atoms with E-state index in [1.54, 1.807) is 0 Å². The van der Waals surface area contributed by atoms with Gasteiger partial charge in [-0.3, -0.25) is 0 Å². The Balaban J connectivity index is 0.848. The van der Waals surface area contributed by atoms with Gasteiger partial charge in [-0.1, -0.05) is 231 Å². The van der Waals surface area contributed by atoms with Crippen LogP contribution in [-0.2, 0) is 0 Å². The Morgan fingerprint density at radius 2 is 0.638 bits per heavy atom. The van der Waals surface area contributed by atoms with Crippen LogP contribution < -0.4 is 4.90 Å². The van der Waals surface area contributed by atoms with Gasteiger partial charge in [-0.2, -0.15) is 0 Å². The van der Waals surface area contributed by atoms with Gasteiger partial charge in [0.25, 0.3) is 0 Å². The van der Waals surface area contributed by atoms with E-state index in [9.17, 15) is 0 Å².